The van der Waals surface area contributed by atoms with Gasteiger partial charge in [0.25, 0.3) is 5.91 Å². The van der Waals surface area contributed by atoms with Crippen molar-refractivity contribution in [3.63, 3.8) is 0 Å². The number of thiazole rings is 1. The summed E-state index contributed by atoms with van der Waals surface area (Å²) in [4.78, 5) is 21.0. The van der Waals surface area contributed by atoms with Crippen molar-refractivity contribution in [2.45, 2.75) is 44.2 Å². The normalized spacial score (nSPS) is 27.5. The second-order valence-electron chi connectivity index (χ2n) is 6.47. The van der Waals surface area contributed by atoms with Gasteiger partial charge >= 0.3 is 0 Å². The molecule has 0 bridgehead atoms. The van der Waals surface area contributed by atoms with Crippen LogP contribution >= 0.6 is 11.3 Å². The number of guanidine groups is 1. The van der Waals surface area contributed by atoms with Crippen LogP contribution in [0.2, 0.25) is 0 Å². The second-order valence-corrected chi connectivity index (χ2v) is 7.35. The smallest absolute Gasteiger partial charge is 0.274 e. The third-order valence-corrected chi connectivity index (χ3v) is 5.43. The first-order valence-corrected chi connectivity index (χ1v) is 9.46. The van der Waals surface area contributed by atoms with E-state index in [1.54, 1.807) is 17.4 Å². The molecule has 1 aliphatic carbocycles. The number of nitrogens with one attached hydrogen (secondary N) is 2. The minimum atomic E-state index is -0.435. The van der Waals surface area contributed by atoms with Gasteiger partial charge in [-0.25, -0.2) is 9.98 Å². The van der Waals surface area contributed by atoms with Crippen LogP contribution < -0.4 is 10.6 Å². The van der Waals surface area contributed by atoms with Gasteiger partial charge in [0.2, 0.25) is 5.96 Å². The van der Waals surface area contributed by atoms with Crippen molar-refractivity contribution in [1.82, 2.24) is 15.6 Å². The Morgan fingerprint density at radius 3 is 3.04 bits per heavy atom. The van der Waals surface area contributed by atoms with Crippen LogP contribution in [0.25, 0.3) is 16.3 Å². The summed E-state index contributed by atoms with van der Waals surface area (Å²) < 4.78 is 1.09. The Kier molecular flexibility index (Phi) is 4.50. The van der Waals surface area contributed by atoms with Crippen LogP contribution in [0.5, 0.6) is 0 Å². The third-order valence-electron chi connectivity index (χ3n) is 4.63. The summed E-state index contributed by atoms with van der Waals surface area (Å²) in [5, 5.41) is 16.0. The zero-order valence-electron chi connectivity index (χ0n) is 13.7. The van der Waals surface area contributed by atoms with Gasteiger partial charge in [-0.3, -0.25) is 10.1 Å². The quantitative estimate of drug-likeness (QED) is 0.570. The fraction of sp³-hybridized carbons (Fsp3) is 0.389. The van der Waals surface area contributed by atoms with E-state index in [0.717, 1.165) is 47.9 Å². The molecule has 4 rings (SSSR count). The summed E-state index contributed by atoms with van der Waals surface area (Å²) in [5.41, 5.74) is 4.17. The lowest BCUT2D eigenvalue weighted by atomic mass is 10.1. The van der Waals surface area contributed by atoms with Gasteiger partial charge in [0.15, 0.2) is 0 Å². The van der Waals surface area contributed by atoms with Gasteiger partial charge in [0, 0.05) is 0 Å². The maximum atomic E-state index is 12.2. The van der Waals surface area contributed by atoms with Crippen LogP contribution in [-0.2, 0) is 4.79 Å². The molecular weight excluding hydrogens is 336 g/mol. The first kappa shape index (κ1) is 16.2. The molecule has 1 amide bonds. The molecule has 2 aliphatic rings. The number of benzene rings is 1. The number of aliphatic hydroxyl groups excluding tert-OH is 1. The minimum Gasteiger partial charge on any atom is -0.391 e. The molecule has 1 saturated heterocycles. The number of aromatic nitrogens is 1. The maximum Gasteiger partial charge on any atom is 0.274 e. The number of aliphatic imine (C=N–C) groups is 1. The molecule has 7 heteroatoms. The summed E-state index contributed by atoms with van der Waals surface area (Å²) in [6.07, 6.45) is 6.22. The number of hydrogen-bond donors (Lipinski definition) is 3. The summed E-state index contributed by atoms with van der Waals surface area (Å²) in [5.74, 6) is 0.229. The molecule has 2 heterocycles. The number of amides is 1. The van der Waals surface area contributed by atoms with Gasteiger partial charge in [-0.15, -0.1) is 11.3 Å². The van der Waals surface area contributed by atoms with Crippen molar-refractivity contribution in [1.29, 1.82) is 0 Å². The molecule has 0 radical (unpaired) electrons. The molecule has 1 aromatic heterocycles. The van der Waals surface area contributed by atoms with E-state index in [4.69, 9.17) is 0 Å². The Balaban J connectivity index is 1.53. The third kappa shape index (κ3) is 3.57. The molecule has 2 fully saturated rings. The summed E-state index contributed by atoms with van der Waals surface area (Å²) in [6, 6.07) is 5.74. The van der Waals surface area contributed by atoms with Gasteiger partial charge in [-0.1, -0.05) is 25.3 Å². The van der Waals surface area contributed by atoms with Crippen molar-refractivity contribution < 1.29 is 9.90 Å². The molecular formula is C18H20N4O2S. The predicted molar refractivity (Wildman–Crippen MR) is 99.2 cm³/mol. The highest BCUT2D eigenvalue weighted by Crippen LogP contribution is 2.22. The van der Waals surface area contributed by atoms with Crippen molar-refractivity contribution in [3.8, 4) is 0 Å². The molecule has 1 saturated carbocycles. The fourth-order valence-electron chi connectivity index (χ4n) is 3.27. The van der Waals surface area contributed by atoms with Crippen molar-refractivity contribution in [3.05, 3.63) is 35.0 Å². The molecule has 0 unspecified atom stereocenters. The average molecular weight is 356 g/mol. The Labute approximate surface area is 149 Å². The van der Waals surface area contributed by atoms with E-state index in [0.29, 0.717) is 11.7 Å². The molecule has 1 aliphatic heterocycles. The van der Waals surface area contributed by atoms with Gasteiger partial charge in [0.05, 0.1) is 27.9 Å². The lowest BCUT2D eigenvalue weighted by Gasteiger charge is -2.16. The highest BCUT2D eigenvalue weighted by atomic mass is 32.1. The summed E-state index contributed by atoms with van der Waals surface area (Å²) >= 11 is 1.57. The van der Waals surface area contributed by atoms with Gasteiger partial charge < -0.3 is 10.4 Å². The van der Waals surface area contributed by atoms with Crippen LogP contribution in [0.1, 0.15) is 37.7 Å². The van der Waals surface area contributed by atoms with Gasteiger partial charge in [0.1, 0.15) is 5.70 Å². The van der Waals surface area contributed by atoms with Crippen LogP contribution in [0, 0.1) is 0 Å². The van der Waals surface area contributed by atoms with E-state index in [1.807, 2.05) is 23.7 Å². The number of carbonyl (C=O) groups excluding carboxylic acids is 1. The Morgan fingerprint density at radius 2 is 2.12 bits per heavy atom. The topological polar surface area (TPSA) is 86.6 Å². The Bertz CT molecular complexity index is 858. The van der Waals surface area contributed by atoms with Gasteiger partial charge in [-0.05, 0) is 36.6 Å². The number of rotatable bonds is 2. The molecule has 2 atom stereocenters. The molecule has 25 heavy (non-hydrogen) atoms. The van der Waals surface area contributed by atoms with E-state index in [9.17, 15) is 9.90 Å². The first-order valence-electron chi connectivity index (χ1n) is 8.58. The number of aliphatic hydroxyl groups is 1. The van der Waals surface area contributed by atoms with E-state index in [2.05, 4.69) is 20.6 Å². The number of fused-ring (bicyclic) bond motifs is 1. The van der Waals surface area contributed by atoms with Crippen molar-refractivity contribution in [2.24, 2.45) is 4.99 Å². The zero-order chi connectivity index (χ0) is 17.2. The second kappa shape index (κ2) is 6.93. The molecule has 6 nitrogen and oxygen atoms in total. The van der Waals surface area contributed by atoms with Crippen LogP contribution in [0.4, 0.5) is 0 Å². The zero-order valence-corrected chi connectivity index (χ0v) is 14.6. The molecule has 0 spiro atoms. The van der Waals surface area contributed by atoms with Crippen molar-refractivity contribution >= 4 is 39.5 Å². The largest absolute Gasteiger partial charge is 0.391 e. The minimum absolute atomic E-state index is 0.154. The number of carbonyl (C=O) groups is 1. The lowest BCUT2D eigenvalue weighted by Crippen LogP contribution is -2.31. The van der Waals surface area contributed by atoms with Crippen LogP contribution in [0.15, 0.2) is 34.4 Å². The van der Waals surface area contributed by atoms with Crippen molar-refractivity contribution in [2.75, 3.05) is 0 Å². The van der Waals surface area contributed by atoms with E-state index in [1.165, 1.54) is 0 Å². The molecule has 3 N–H and O–H groups in total. The fourth-order valence-corrected chi connectivity index (χ4v) is 4.00. The standard InChI is InChI=1S/C18H20N4O2S/c23-15-5-3-1-2-4-12(15)20-18-21-14(17(24)22-18)8-11-6-7-13-16(9-11)25-10-19-13/h6-10,12,15,23H,1-5H2,(H2,20,21,22,24)/b14-8-/t12-,15-/m0/s1. The van der Waals surface area contributed by atoms with Crippen LogP contribution in [-0.4, -0.2) is 34.1 Å². The summed E-state index contributed by atoms with van der Waals surface area (Å²) in [7, 11) is 0. The van der Waals surface area contributed by atoms with Gasteiger partial charge in [-0.2, -0.15) is 0 Å². The Morgan fingerprint density at radius 1 is 1.24 bits per heavy atom. The van der Waals surface area contributed by atoms with E-state index in [-0.39, 0.29) is 11.9 Å². The number of hydrogen-bond acceptors (Lipinski definition) is 5. The average Bonchev–Trinajstić information content (AvgIpc) is 3.13. The maximum absolute atomic E-state index is 12.2. The highest BCUT2D eigenvalue weighted by molar-refractivity contribution is 7.16. The lowest BCUT2D eigenvalue weighted by molar-refractivity contribution is -0.115. The van der Waals surface area contributed by atoms with Crippen LogP contribution in [0.3, 0.4) is 0 Å². The SMILES string of the molecule is O=C1NC(=N[C@H]2CCCCC[C@@H]2O)N/C1=C\c1ccc2ncsc2c1. The Hall–Kier alpha value is -2.25. The molecule has 1 aromatic carbocycles. The summed E-state index contributed by atoms with van der Waals surface area (Å²) in [6.45, 7) is 0. The van der Waals surface area contributed by atoms with E-state index >= 15 is 0 Å². The van der Waals surface area contributed by atoms with E-state index < -0.39 is 6.10 Å². The molecule has 2 aromatic rings. The highest BCUT2D eigenvalue weighted by Gasteiger charge is 2.26. The number of nitrogens with zero attached hydrogens (tertiary/aromatic N) is 2. The predicted octanol–water partition coefficient (Wildman–Crippen LogP) is 2.41. The molecule has 130 valence electrons. The monoisotopic (exact) mass is 356 g/mol. The first-order chi connectivity index (χ1) is 12.2.